The highest BCUT2D eigenvalue weighted by Crippen LogP contribution is 2.32. The molecular weight excluding hydrogens is 194 g/mol. The zero-order valence-corrected chi connectivity index (χ0v) is 10.3. The van der Waals surface area contributed by atoms with Crippen molar-refractivity contribution < 1.29 is 0 Å². The van der Waals surface area contributed by atoms with Gasteiger partial charge in [-0.05, 0) is 42.4 Å². The van der Waals surface area contributed by atoms with Crippen LogP contribution in [0.25, 0.3) is 0 Å². The van der Waals surface area contributed by atoms with Gasteiger partial charge in [-0.1, -0.05) is 44.7 Å². The standard InChI is InChI=1S/C15H23N/c1-12(6-7-13-4-2-3-5-13)14-8-10-15(16)11-9-14/h8-13H,2-7,16H2,1H3. The molecule has 1 nitrogen and oxygen atoms in total. The van der Waals surface area contributed by atoms with Crippen molar-refractivity contribution in [1.29, 1.82) is 0 Å². The van der Waals surface area contributed by atoms with Crippen molar-refractivity contribution in [2.45, 2.75) is 51.4 Å². The number of hydrogen-bond acceptors (Lipinski definition) is 1. The molecule has 0 heterocycles. The predicted molar refractivity (Wildman–Crippen MR) is 70.5 cm³/mol. The first kappa shape index (κ1) is 11.5. The number of nitrogens with two attached hydrogens (primary N) is 1. The minimum atomic E-state index is 0.682. The Kier molecular flexibility index (Phi) is 3.87. The molecule has 1 aliphatic rings. The van der Waals surface area contributed by atoms with E-state index in [1.54, 1.807) is 0 Å². The van der Waals surface area contributed by atoms with E-state index in [2.05, 4.69) is 19.1 Å². The van der Waals surface area contributed by atoms with Gasteiger partial charge in [0.1, 0.15) is 0 Å². The molecule has 1 aliphatic carbocycles. The summed E-state index contributed by atoms with van der Waals surface area (Å²) in [6.45, 7) is 2.33. The van der Waals surface area contributed by atoms with Crippen LogP contribution in [0.15, 0.2) is 24.3 Å². The number of rotatable bonds is 4. The molecule has 88 valence electrons. The van der Waals surface area contributed by atoms with Gasteiger partial charge < -0.3 is 5.73 Å². The SMILES string of the molecule is CC(CCC1CCCC1)c1ccc(N)cc1. The molecule has 0 radical (unpaired) electrons. The highest BCUT2D eigenvalue weighted by molar-refractivity contribution is 5.40. The highest BCUT2D eigenvalue weighted by Gasteiger charge is 2.16. The van der Waals surface area contributed by atoms with Crippen LogP contribution < -0.4 is 5.73 Å². The summed E-state index contributed by atoms with van der Waals surface area (Å²) in [5.41, 5.74) is 8.00. The average Bonchev–Trinajstić information content (AvgIpc) is 2.80. The maximum Gasteiger partial charge on any atom is 0.0314 e. The van der Waals surface area contributed by atoms with E-state index in [-0.39, 0.29) is 0 Å². The lowest BCUT2D eigenvalue weighted by atomic mass is 9.91. The van der Waals surface area contributed by atoms with Gasteiger partial charge in [-0.25, -0.2) is 0 Å². The maximum atomic E-state index is 5.70. The summed E-state index contributed by atoms with van der Waals surface area (Å²) in [5.74, 6) is 1.69. The van der Waals surface area contributed by atoms with E-state index < -0.39 is 0 Å². The van der Waals surface area contributed by atoms with E-state index in [1.807, 2.05) is 12.1 Å². The maximum absolute atomic E-state index is 5.70. The van der Waals surface area contributed by atoms with Crippen molar-refractivity contribution in [2.75, 3.05) is 5.73 Å². The van der Waals surface area contributed by atoms with Gasteiger partial charge in [0.25, 0.3) is 0 Å². The number of hydrogen-bond donors (Lipinski definition) is 1. The molecule has 16 heavy (non-hydrogen) atoms. The summed E-state index contributed by atoms with van der Waals surface area (Å²) < 4.78 is 0. The molecule has 1 heteroatoms. The van der Waals surface area contributed by atoms with Crippen LogP contribution in [0, 0.1) is 5.92 Å². The summed E-state index contributed by atoms with van der Waals surface area (Å²) >= 11 is 0. The van der Waals surface area contributed by atoms with Crippen LogP contribution in [0.3, 0.4) is 0 Å². The Morgan fingerprint density at radius 2 is 1.81 bits per heavy atom. The van der Waals surface area contributed by atoms with Crippen LogP contribution in [-0.4, -0.2) is 0 Å². The van der Waals surface area contributed by atoms with Gasteiger partial charge in [0, 0.05) is 5.69 Å². The third-order valence-electron chi connectivity index (χ3n) is 3.99. The summed E-state index contributed by atoms with van der Waals surface area (Å²) in [7, 11) is 0. The second-order valence-electron chi connectivity index (χ2n) is 5.30. The van der Waals surface area contributed by atoms with Crippen molar-refractivity contribution >= 4 is 5.69 Å². The van der Waals surface area contributed by atoms with Crippen LogP contribution in [0.4, 0.5) is 5.69 Å². The van der Waals surface area contributed by atoms with Crippen LogP contribution in [-0.2, 0) is 0 Å². The Balaban J connectivity index is 1.82. The molecule has 1 saturated carbocycles. The molecule has 2 N–H and O–H groups in total. The van der Waals surface area contributed by atoms with Crippen molar-refractivity contribution in [2.24, 2.45) is 5.92 Å². The van der Waals surface area contributed by atoms with E-state index in [4.69, 9.17) is 5.73 Å². The topological polar surface area (TPSA) is 26.0 Å². The van der Waals surface area contributed by atoms with Crippen LogP contribution in [0.5, 0.6) is 0 Å². The van der Waals surface area contributed by atoms with Crippen molar-refractivity contribution in [3.63, 3.8) is 0 Å². The summed E-state index contributed by atoms with van der Waals surface area (Å²) in [6, 6.07) is 8.38. The minimum Gasteiger partial charge on any atom is -0.399 e. The van der Waals surface area contributed by atoms with E-state index in [1.165, 1.54) is 44.1 Å². The van der Waals surface area contributed by atoms with Crippen LogP contribution in [0.1, 0.15) is 56.9 Å². The van der Waals surface area contributed by atoms with E-state index >= 15 is 0 Å². The fraction of sp³-hybridized carbons (Fsp3) is 0.600. The van der Waals surface area contributed by atoms with Gasteiger partial charge in [0.2, 0.25) is 0 Å². The van der Waals surface area contributed by atoms with Gasteiger partial charge in [-0.3, -0.25) is 0 Å². The van der Waals surface area contributed by atoms with E-state index in [9.17, 15) is 0 Å². The Labute approximate surface area is 99.0 Å². The molecule has 1 aromatic carbocycles. The summed E-state index contributed by atoms with van der Waals surface area (Å²) in [6.07, 6.45) is 8.59. The molecule has 1 aromatic rings. The van der Waals surface area contributed by atoms with Gasteiger partial charge in [-0.15, -0.1) is 0 Å². The molecule has 0 amide bonds. The molecule has 0 spiro atoms. The van der Waals surface area contributed by atoms with Crippen molar-refractivity contribution in [1.82, 2.24) is 0 Å². The second-order valence-corrected chi connectivity index (χ2v) is 5.30. The van der Waals surface area contributed by atoms with Crippen LogP contribution >= 0.6 is 0 Å². The molecule has 0 bridgehead atoms. The minimum absolute atomic E-state index is 0.682. The first-order valence-corrected chi connectivity index (χ1v) is 6.61. The summed E-state index contributed by atoms with van der Waals surface area (Å²) in [5, 5.41) is 0. The third-order valence-corrected chi connectivity index (χ3v) is 3.99. The lowest BCUT2D eigenvalue weighted by Crippen LogP contribution is -1.99. The van der Waals surface area contributed by atoms with Crippen molar-refractivity contribution in [3.05, 3.63) is 29.8 Å². The average molecular weight is 217 g/mol. The molecule has 0 aromatic heterocycles. The smallest absolute Gasteiger partial charge is 0.0314 e. The summed E-state index contributed by atoms with van der Waals surface area (Å²) in [4.78, 5) is 0. The normalized spacial score (nSPS) is 18.8. The zero-order chi connectivity index (χ0) is 11.4. The Morgan fingerprint density at radius 1 is 1.19 bits per heavy atom. The number of benzene rings is 1. The Bertz CT molecular complexity index is 309. The first-order valence-electron chi connectivity index (χ1n) is 6.61. The second kappa shape index (κ2) is 5.38. The predicted octanol–water partition coefficient (Wildman–Crippen LogP) is 4.34. The number of anilines is 1. The molecule has 2 rings (SSSR count). The molecule has 1 atom stereocenters. The lowest BCUT2D eigenvalue weighted by Gasteiger charge is -2.15. The van der Waals surface area contributed by atoms with Crippen molar-refractivity contribution in [3.8, 4) is 0 Å². The zero-order valence-electron chi connectivity index (χ0n) is 10.3. The lowest BCUT2D eigenvalue weighted by molar-refractivity contribution is 0.460. The molecule has 0 aliphatic heterocycles. The fourth-order valence-electron chi connectivity index (χ4n) is 2.78. The monoisotopic (exact) mass is 217 g/mol. The van der Waals surface area contributed by atoms with Gasteiger partial charge in [0.05, 0.1) is 0 Å². The van der Waals surface area contributed by atoms with Gasteiger partial charge in [-0.2, -0.15) is 0 Å². The van der Waals surface area contributed by atoms with Gasteiger partial charge in [0.15, 0.2) is 0 Å². The Morgan fingerprint density at radius 3 is 2.44 bits per heavy atom. The largest absolute Gasteiger partial charge is 0.399 e. The highest BCUT2D eigenvalue weighted by atomic mass is 14.5. The Hall–Kier alpha value is -0.980. The molecule has 1 fully saturated rings. The molecule has 1 unspecified atom stereocenters. The fourth-order valence-corrected chi connectivity index (χ4v) is 2.78. The van der Waals surface area contributed by atoms with Gasteiger partial charge >= 0.3 is 0 Å². The van der Waals surface area contributed by atoms with E-state index in [0.717, 1.165) is 11.6 Å². The first-order chi connectivity index (χ1) is 7.75. The molecule has 0 saturated heterocycles. The third kappa shape index (κ3) is 3.01. The van der Waals surface area contributed by atoms with E-state index in [0.29, 0.717) is 5.92 Å². The quantitative estimate of drug-likeness (QED) is 0.746. The number of nitrogen functional groups attached to an aromatic ring is 1. The molecular formula is C15H23N. The van der Waals surface area contributed by atoms with Crippen LogP contribution in [0.2, 0.25) is 0 Å².